The number of nitrogens with zero attached hydrogens (tertiary/aromatic N) is 1. The van der Waals surface area contributed by atoms with E-state index >= 15 is 0 Å². The highest BCUT2D eigenvalue weighted by atomic mass is 16.2. The Morgan fingerprint density at radius 1 is 1.29 bits per heavy atom. The van der Waals surface area contributed by atoms with Crippen molar-refractivity contribution in [3.63, 3.8) is 0 Å². The van der Waals surface area contributed by atoms with Gasteiger partial charge in [-0.1, -0.05) is 13.0 Å². The van der Waals surface area contributed by atoms with E-state index in [4.69, 9.17) is 0 Å². The highest BCUT2D eigenvalue weighted by Crippen LogP contribution is 2.65. The Bertz CT molecular complexity index is 543. The molecule has 3 saturated carbocycles. The number of anilines is 1. The maximum Gasteiger partial charge on any atom is 0.270 e. The Morgan fingerprint density at radius 3 is 2.76 bits per heavy atom. The predicted octanol–water partition coefficient (Wildman–Crippen LogP) is 2.68. The molecule has 3 aliphatic rings. The number of carbonyl (C=O) groups is 1. The van der Waals surface area contributed by atoms with Gasteiger partial charge in [-0.15, -0.1) is 0 Å². The summed E-state index contributed by atoms with van der Waals surface area (Å²) in [6, 6.07) is 6.05. The lowest BCUT2D eigenvalue weighted by molar-refractivity contribution is 0.0939. The van der Waals surface area contributed by atoms with Gasteiger partial charge in [0.05, 0.1) is 0 Å². The molecule has 4 nitrogen and oxygen atoms in total. The van der Waals surface area contributed by atoms with E-state index in [9.17, 15) is 4.79 Å². The molecule has 4 atom stereocenters. The summed E-state index contributed by atoms with van der Waals surface area (Å²) in [5.74, 6) is 4.10. The van der Waals surface area contributed by atoms with Crippen LogP contribution >= 0.6 is 0 Å². The van der Waals surface area contributed by atoms with Crippen LogP contribution in [0.25, 0.3) is 0 Å². The van der Waals surface area contributed by atoms with Crippen molar-refractivity contribution in [2.24, 2.45) is 23.7 Å². The summed E-state index contributed by atoms with van der Waals surface area (Å²) in [7, 11) is 0. The van der Waals surface area contributed by atoms with Gasteiger partial charge in [-0.2, -0.15) is 0 Å². The SMILES string of the molecule is CCCNc1cccc(C(=O)NC2C3C4CCC(C4)C23)n1. The van der Waals surface area contributed by atoms with Crippen LogP contribution in [0.5, 0.6) is 0 Å². The minimum atomic E-state index is -0.00560. The summed E-state index contributed by atoms with van der Waals surface area (Å²) in [5.41, 5.74) is 0.536. The molecule has 2 N–H and O–H groups in total. The van der Waals surface area contributed by atoms with Crippen molar-refractivity contribution >= 4 is 11.7 Å². The summed E-state index contributed by atoms with van der Waals surface area (Å²) in [6.07, 6.45) is 5.22. The number of nitrogens with one attached hydrogen (secondary N) is 2. The summed E-state index contributed by atoms with van der Waals surface area (Å²) in [5, 5.41) is 6.46. The zero-order valence-corrected chi connectivity index (χ0v) is 12.5. The molecule has 2 bridgehead atoms. The Hall–Kier alpha value is -1.58. The molecule has 3 aliphatic carbocycles. The molecule has 0 aromatic carbocycles. The maximum absolute atomic E-state index is 12.4. The van der Waals surface area contributed by atoms with Crippen molar-refractivity contribution in [1.82, 2.24) is 10.3 Å². The van der Waals surface area contributed by atoms with Gasteiger partial charge in [0, 0.05) is 12.6 Å². The van der Waals surface area contributed by atoms with Crippen molar-refractivity contribution < 1.29 is 4.79 Å². The molecular formula is C17H23N3O. The van der Waals surface area contributed by atoms with Gasteiger partial charge in [-0.25, -0.2) is 4.98 Å². The largest absolute Gasteiger partial charge is 0.370 e. The summed E-state index contributed by atoms with van der Waals surface area (Å²) in [4.78, 5) is 16.8. The third kappa shape index (κ3) is 2.21. The van der Waals surface area contributed by atoms with Crippen molar-refractivity contribution in [1.29, 1.82) is 0 Å². The molecule has 1 aromatic rings. The number of hydrogen-bond donors (Lipinski definition) is 2. The molecule has 4 unspecified atom stereocenters. The molecule has 112 valence electrons. The second-order valence-electron chi connectivity index (χ2n) is 6.82. The van der Waals surface area contributed by atoms with Crippen LogP contribution < -0.4 is 10.6 Å². The third-order valence-corrected chi connectivity index (χ3v) is 5.57. The zero-order valence-electron chi connectivity index (χ0n) is 12.5. The minimum absolute atomic E-state index is 0.00560. The van der Waals surface area contributed by atoms with E-state index in [1.54, 1.807) is 6.07 Å². The van der Waals surface area contributed by atoms with E-state index in [1.165, 1.54) is 19.3 Å². The fourth-order valence-electron chi connectivity index (χ4n) is 4.66. The molecule has 1 heterocycles. The van der Waals surface area contributed by atoms with E-state index in [1.807, 2.05) is 12.1 Å². The quantitative estimate of drug-likeness (QED) is 0.874. The lowest BCUT2D eigenvalue weighted by Crippen LogP contribution is -2.30. The smallest absolute Gasteiger partial charge is 0.270 e. The first kappa shape index (κ1) is 13.1. The van der Waals surface area contributed by atoms with E-state index in [0.29, 0.717) is 11.7 Å². The minimum Gasteiger partial charge on any atom is -0.370 e. The number of fused-ring (bicyclic) bond motifs is 5. The normalized spacial score (nSPS) is 35.4. The molecule has 1 amide bonds. The highest BCUT2D eigenvalue weighted by molar-refractivity contribution is 5.93. The molecule has 0 saturated heterocycles. The topological polar surface area (TPSA) is 54.0 Å². The molecule has 4 rings (SSSR count). The molecule has 1 aromatic heterocycles. The summed E-state index contributed by atoms with van der Waals surface area (Å²) >= 11 is 0. The van der Waals surface area contributed by atoms with Crippen molar-refractivity contribution in [3.05, 3.63) is 23.9 Å². The van der Waals surface area contributed by atoms with Crippen molar-refractivity contribution in [3.8, 4) is 0 Å². The Balaban J connectivity index is 1.39. The van der Waals surface area contributed by atoms with Crippen LogP contribution in [0.3, 0.4) is 0 Å². The second-order valence-corrected chi connectivity index (χ2v) is 6.82. The lowest BCUT2D eigenvalue weighted by Gasteiger charge is -2.11. The molecule has 0 spiro atoms. The lowest BCUT2D eigenvalue weighted by atomic mass is 10.0. The molecule has 3 fully saturated rings. The van der Waals surface area contributed by atoms with Crippen LogP contribution in [0.4, 0.5) is 5.82 Å². The average molecular weight is 285 g/mol. The van der Waals surface area contributed by atoms with Crippen LogP contribution in [0, 0.1) is 23.7 Å². The molecule has 0 radical (unpaired) electrons. The summed E-state index contributed by atoms with van der Waals surface area (Å²) in [6.45, 7) is 3.00. The van der Waals surface area contributed by atoms with E-state index in [-0.39, 0.29) is 5.91 Å². The van der Waals surface area contributed by atoms with Crippen LogP contribution in [-0.4, -0.2) is 23.5 Å². The highest BCUT2D eigenvalue weighted by Gasteiger charge is 2.65. The predicted molar refractivity (Wildman–Crippen MR) is 82.1 cm³/mol. The van der Waals surface area contributed by atoms with Gasteiger partial charge < -0.3 is 10.6 Å². The second kappa shape index (κ2) is 5.00. The Labute approximate surface area is 125 Å². The van der Waals surface area contributed by atoms with Gasteiger partial charge in [-0.3, -0.25) is 4.79 Å². The zero-order chi connectivity index (χ0) is 14.4. The fraction of sp³-hybridized carbons (Fsp3) is 0.647. The van der Waals surface area contributed by atoms with Gasteiger partial charge >= 0.3 is 0 Å². The first-order valence-corrected chi connectivity index (χ1v) is 8.29. The molecular weight excluding hydrogens is 262 g/mol. The monoisotopic (exact) mass is 285 g/mol. The molecule has 0 aliphatic heterocycles. The van der Waals surface area contributed by atoms with Crippen LogP contribution in [-0.2, 0) is 0 Å². The third-order valence-electron chi connectivity index (χ3n) is 5.57. The van der Waals surface area contributed by atoms with Crippen molar-refractivity contribution in [2.45, 2.75) is 38.6 Å². The number of carbonyl (C=O) groups excluding carboxylic acids is 1. The Kier molecular flexibility index (Phi) is 3.12. The molecule has 4 heteroatoms. The number of rotatable bonds is 5. The first-order valence-electron chi connectivity index (χ1n) is 8.29. The number of pyridine rings is 1. The van der Waals surface area contributed by atoms with E-state index in [0.717, 1.165) is 42.5 Å². The standard InChI is InChI=1S/C17H23N3O/c1-2-8-18-13-5-3-4-12(19-13)17(21)20-16-14-10-6-7-11(9-10)15(14)16/h3-5,10-11,14-16H,2,6-9H2,1H3,(H,18,19)(H,20,21). The number of aromatic nitrogens is 1. The average Bonchev–Trinajstić information content (AvgIpc) is 2.90. The van der Waals surface area contributed by atoms with E-state index in [2.05, 4.69) is 22.5 Å². The van der Waals surface area contributed by atoms with Gasteiger partial charge in [0.1, 0.15) is 11.5 Å². The number of hydrogen-bond acceptors (Lipinski definition) is 3. The van der Waals surface area contributed by atoms with Gasteiger partial charge in [0.2, 0.25) is 0 Å². The maximum atomic E-state index is 12.4. The number of amides is 1. The van der Waals surface area contributed by atoms with E-state index < -0.39 is 0 Å². The Morgan fingerprint density at radius 2 is 2.05 bits per heavy atom. The molecule has 21 heavy (non-hydrogen) atoms. The first-order chi connectivity index (χ1) is 10.3. The van der Waals surface area contributed by atoms with Crippen LogP contribution in [0.2, 0.25) is 0 Å². The van der Waals surface area contributed by atoms with Crippen molar-refractivity contribution in [2.75, 3.05) is 11.9 Å². The van der Waals surface area contributed by atoms with Gasteiger partial charge in [0.15, 0.2) is 0 Å². The summed E-state index contributed by atoms with van der Waals surface area (Å²) < 4.78 is 0. The van der Waals surface area contributed by atoms with Crippen LogP contribution in [0.15, 0.2) is 18.2 Å². The van der Waals surface area contributed by atoms with Crippen LogP contribution in [0.1, 0.15) is 43.1 Å². The fourth-order valence-corrected chi connectivity index (χ4v) is 4.66. The van der Waals surface area contributed by atoms with Gasteiger partial charge in [0.25, 0.3) is 5.91 Å². The van der Waals surface area contributed by atoms with Gasteiger partial charge in [-0.05, 0) is 61.5 Å².